The highest BCUT2D eigenvalue weighted by atomic mass is 15.1. The summed E-state index contributed by atoms with van der Waals surface area (Å²) in [6, 6.07) is 0.728. The second-order valence-electron chi connectivity index (χ2n) is 3.98. The number of nitrogens with zero attached hydrogens (tertiary/aromatic N) is 1. The third-order valence-electron chi connectivity index (χ3n) is 2.84. The summed E-state index contributed by atoms with van der Waals surface area (Å²) in [4.78, 5) is 2.48. The number of hydrogen-bond acceptors (Lipinski definition) is 2. The lowest BCUT2D eigenvalue weighted by molar-refractivity contribution is 0.161. The molecule has 0 aromatic heterocycles. The monoisotopic (exact) mass is 182 g/mol. The van der Waals surface area contributed by atoms with Crippen LogP contribution < -0.4 is 5.32 Å². The molecule has 1 aliphatic rings. The summed E-state index contributed by atoms with van der Waals surface area (Å²) in [5.74, 6) is 0.772. The van der Waals surface area contributed by atoms with E-state index >= 15 is 0 Å². The van der Waals surface area contributed by atoms with E-state index in [4.69, 9.17) is 0 Å². The first-order valence-corrected chi connectivity index (χ1v) is 5.34. The third kappa shape index (κ3) is 3.12. The molecule has 2 nitrogen and oxygen atoms in total. The smallest absolute Gasteiger partial charge is 0.0160 e. The van der Waals surface area contributed by atoms with E-state index in [1.165, 1.54) is 19.5 Å². The summed E-state index contributed by atoms with van der Waals surface area (Å²) in [5, 5.41) is 3.54. The molecular weight excluding hydrogens is 160 g/mol. The van der Waals surface area contributed by atoms with Gasteiger partial charge in [0.15, 0.2) is 0 Å². The van der Waals surface area contributed by atoms with E-state index in [1.54, 1.807) is 0 Å². The molecule has 1 heterocycles. The lowest BCUT2D eigenvalue weighted by Gasteiger charge is -2.36. The average Bonchev–Trinajstić information content (AvgIpc) is 2.10. The largest absolute Gasteiger partial charge is 0.314 e. The van der Waals surface area contributed by atoms with Gasteiger partial charge in [0, 0.05) is 19.1 Å². The lowest BCUT2D eigenvalue weighted by atomic mass is 9.94. The maximum atomic E-state index is 3.78. The van der Waals surface area contributed by atoms with Crippen LogP contribution in [-0.2, 0) is 0 Å². The van der Waals surface area contributed by atoms with Crippen LogP contribution >= 0.6 is 0 Å². The molecule has 13 heavy (non-hydrogen) atoms. The molecule has 2 unspecified atom stereocenters. The zero-order valence-corrected chi connectivity index (χ0v) is 8.92. The first kappa shape index (κ1) is 10.7. The highest BCUT2D eigenvalue weighted by Crippen LogP contribution is 2.16. The molecule has 1 saturated heterocycles. The fraction of sp³-hybridized carbons (Fsp3) is 0.818. The van der Waals surface area contributed by atoms with Gasteiger partial charge in [0.05, 0.1) is 0 Å². The molecule has 2 heteroatoms. The molecule has 0 aliphatic carbocycles. The minimum atomic E-state index is 0.728. The summed E-state index contributed by atoms with van der Waals surface area (Å²) in [5.41, 5.74) is 0. The van der Waals surface area contributed by atoms with Crippen LogP contribution in [0.4, 0.5) is 0 Å². The molecule has 1 aliphatic heterocycles. The van der Waals surface area contributed by atoms with Gasteiger partial charge in [-0.25, -0.2) is 0 Å². The van der Waals surface area contributed by atoms with Gasteiger partial charge in [-0.2, -0.15) is 0 Å². The average molecular weight is 182 g/mol. The normalized spacial score (nSPS) is 30.3. The highest BCUT2D eigenvalue weighted by molar-refractivity contribution is 4.85. The van der Waals surface area contributed by atoms with E-state index in [0.29, 0.717) is 0 Å². The summed E-state index contributed by atoms with van der Waals surface area (Å²) < 4.78 is 0. The molecule has 0 radical (unpaired) electrons. The van der Waals surface area contributed by atoms with Crippen molar-refractivity contribution in [2.45, 2.75) is 26.3 Å². The van der Waals surface area contributed by atoms with Gasteiger partial charge >= 0.3 is 0 Å². The SMILES string of the molecule is C=CCN1CCC(NCC)C(C)C1. The van der Waals surface area contributed by atoms with Crippen molar-refractivity contribution in [2.75, 3.05) is 26.2 Å². The molecule has 2 atom stereocenters. The second-order valence-corrected chi connectivity index (χ2v) is 3.98. The number of nitrogens with one attached hydrogen (secondary N) is 1. The van der Waals surface area contributed by atoms with Crippen LogP contribution in [0.15, 0.2) is 12.7 Å². The Morgan fingerprint density at radius 1 is 1.62 bits per heavy atom. The Labute approximate surface area is 82.0 Å². The van der Waals surface area contributed by atoms with Crippen molar-refractivity contribution in [3.8, 4) is 0 Å². The lowest BCUT2D eigenvalue weighted by Crippen LogP contribution is -2.48. The molecule has 1 rings (SSSR count). The summed E-state index contributed by atoms with van der Waals surface area (Å²) in [6.07, 6.45) is 3.28. The van der Waals surface area contributed by atoms with Crippen molar-refractivity contribution in [1.82, 2.24) is 10.2 Å². The first-order chi connectivity index (χ1) is 6.27. The Bertz CT molecular complexity index is 156. The molecule has 0 aromatic carbocycles. The second kappa shape index (κ2) is 5.40. The maximum absolute atomic E-state index is 3.78. The Balaban J connectivity index is 2.32. The van der Waals surface area contributed by atoms with Gasteiger partial charge in [0.2, 0.25) is 0 Å². The minimum Gasteiger partial charge on any atom is -0.314 e. The molecule has 0 saturated carbocycles. The summed E-state index contributed by atoms with van der Waals surface area (Å²) in [7, 11) is 0. The van der Waals surface area contributed by atoms with Gasteiger partial charge in [-0.1, -0.05) is 19.9 Å². The van der Waals surface area contributed by atoms with Crippen molar-refractivity contribution in [3.63, 3.8) is 0 Å². The zero-order valence-electron chi connectivity index (χ0n) is 8.92. The fourth-order valence-electron chi connectivity index (χ4n) is 2.15. The molecular formula is C11H22N2. The van der Waals surface area contributed by atoms with Crippen molar-refractivity contribution in [2.24, 2.45) is 5.92 Å². The van der Waals surface area contributed by atoms with Crippen molar-refractivity contribution in [1.29, 1.82) is 0 Å². The zero-order chi connectivity index (χ0) is 9.68. The van der Waals surface area contributed by atoms with E-state index < -0.39 is 0 Å². The van der Waals surface area contributed by atoms with Crippen molar-refractivity contribution in [3.05, 3.63) is 12.7 Å². The fourth-order valence-corrected chi connectivity index (χ4v) is 2.15. The minimum absolute atomic E-state index is 0.728. The van der Waals surface area contributed by atoms with Gasteiger partial charge in [0.25, 0.3) is 0 Å². The number of piperidine rings is 1. The summed E-state index contributed by atoms with van der Waals surface area (Å²) >= 11 is 0. The van der Waals surface area contributed by atoms with Gasteiger partial charge in [0.1, 0.15) is 0 Å². The molecule has 1 fully saturated rings. The highest BCUT2D eigenvalue weighted by Gasteiger charge is 2.24. The van der Waals surface area contributed by atoms with Crippen LogP contribution in [0.5, 0.6) is 0 Å². The molecule has 0 spiro atoms. The number of rotatable bonds is 4. The molecule has 0 bridgehead atoms. The molecule has 1 N–H and O–H groups in total. The van der Waals surface area contributed by atoms with Crippen LogP contribution in [0, 0.1) is 5.92 Å². The van der Waals surface area contributed by atoms with Gasteiger partial charge in [-0.3, -0.25) is 4.90 Å². The van der Waals surface area contributed by atoms with Crippen LogP contribution in [-0.4, -0.2) is 37.1 Å². The Morgan fingerprint density at radius 3 is 2.92 bits per heavy atom. The number of hydrogen-bond donors (Lipinski definition) is 1. The number of likely N-dealkylation sites (tertiary alicyclic amines) is 1. The first-order valence-electron chi connectivity index (χ1n) is 5.34. The van der Waals surface area contributed by atoms with E-state index in [0.717, 1.165) is 25.0 Å². The third-order valence-corrected chi connectivity index (χ3v) is 2.84. The van der Waals surface area contributed by atoms with Crippen LogP contribution in [0.25, 0.3) is 0 Å². The Kier molecular flexibility index (Phi) is 4.46. The quantitative estimate of drug-likeness (QED) is 0.663. The molecule has 0 aromatic rings. The van der Waals surface area contributed by atoms with E-state index in [1.807, 2.05) is 6.08 Å². The van der Waals surface area contributed by atoms with E-state index in [2.05, 4.69) is 30.6 Å². The van der Waals surface area contributed by atoms with E-state index in [-0.39, 0.29) is 0 Å². The van der Waals surface area contributed by atoms with Crippen molar-refractivity contribution < 1.29 is 0 Å². The predicted octanol–water partition coefficient (Wildman–Crippen LogP) is 1.49. The molecule has 0 amide bonds. The maximum Gasteiger partial charge on any atom is 0.0160 e. The summed E-state index contributed by atoms with van der Waals surface area (Å²) in [6.45, 7) is 12.9. The van der Waals surface area contributed by atoms with Crippen LogP contribution in [0.2, 0.25) is 0 Å². The predicted molar refractivity (Wildman–Crippen MR) is 57.9 cm³/mol. The van der Waals surface area contributed by atoms with Gasteiger partial charge in [-0.15, -0.1) is 6.58 Å². The van der Waals surface area contributed by atoms with Gasteiger partial charge in [-0.05, 0) is 25.4 Å². The topological polar surface area (TPSA) is 15.3 Å². The van der Waals surface area contributed by atoms with Gasteiger partial charge < -0.3 is 5.32 Å². The standard InChI is InChI=1S/C11H22N2/c1-4-7-13-8-6-11(12-5-2)10(3)9-13/h4,10-12H,1,5-9H2,2-3H3. The van der Waals surface area contributed by atoms with Crippen LogP contribution in [0.1, 0.15) is 20.3 Å². The van der Waals surface area contributed by atoms with Crippen LogP contribution in [0.3, 0.4) is 0 Å². The Hall–Kier alpha value is -0.340. The van der Waals surface area contributed by atoms with E-state index in [9.17, 15) is 0 Å². The van der Waals surface area contributed by atoms with Crippen molar-refractivity contribution >= 4 is 0 Å². The molecule has 76 valence electrons. The Morgan fingerprint density at radius 2 is 2.38 bits per heavy atom.